The summed E-state index contributed by atoms with van der Waals surface area (Å²) < 4.78 is 0. The molecular formula is C24H32N2O. The van der Waals surface area contributed by atoms with Crippen molar-refractivity contribution in [1.29, 1.82) is 0 Å². The minimum absolute atomic E-state index is 0.263. The highest BCUT2D eigenvalue weighted by molar-refractivity contribution is 5.80. The number of hydrogen-bond donors (Lipinski definition) is 1. The largest absolute Gasteiger partial charge is 0.349 e. The van der Waals surface area contributed by atoms with Gasteiger partial charge in [-0.2, -0.15) is 0 Å². The third-order valence-corrected chi connectivity index (χ3v) is 9.01. The number of benzene rings is 1. The Balaban J connectivity index is 1.23. The van der Waals surface area contributed by atoms with E-state index in [1.54, 1.807) is 0 Å². The van der Waals surface area contributed by atoms with E-state index < -0.39 is 0 Å². The molecule has 0 radical (unpaired) electrons. The zero-order valence-corrected chi connectivity index (χ0v) is 16.3. The maximum Gasteiger partial charge on any atom is 0.220 e. The third kappa shape index (κ3) is 2.61. The van der Waals surface area contributed by atoms with Crippen molar-refractivity contribution in [2.45, 2.75) is 69.9 Å². The van der Waals surface area contributed by atoms with Crippen molar-refractivity contribution >= 4 is 5.91 Å². The predicted molar refractivity (Wildman–Crippen MR) is 106 cm³/mol. The van der Waals surface area contributed by atoms with Crippen molar-refractivity contribution in [2.75, 3.05) is 13.1 Å². The molecule has 1 N–H and O–H groups in total. The highest BCUT2D eigenvalue weighted by Crippen LogP contribution is 2.55. The van der Waals surface area contributed by atoms with E-state index in [9.17, 15) is 4.79 Å². The molecule has 1 aromatic carbocycles. The van der Waals surface area contributed by atoms with Crippen molar-refractivity contribution in [1.82, 2.24) is 10.2 Å². The molecule has 0 aromatic heterocycles. The number of carbonyl (C=O) groups excluding carboxylic acids is 1. The number of fused-ring (bicyclic) bond motifs is 6. The smallest absolute Gasteiger partial charge is 0.220 e. The van der Waals surface area contributed by atoms with E-state index in [0.29, 0.717) is 11.3 Å². The van der Waals surface area contributed by atoms with Gasteiger partial charge in [-0.25, -0.2) is 0 Å². The molecule has 144 valence electrons. The number of nitrogens with one attached hydrogen (secondary N) is 1. The van der Waals surface area contributed by atoms with Gasteiger partial charge in [0, 0.05) is 12.5 Å². The molecule has 3 aliphatic carbocycles. The third-order valence-electron chi connectivity index (χ3n) is 9.01. The summed E-state index contributed by atoms with van der Waals surface area (Å²) in [6.45, 7) is 2.51. The molecule has 2 saturated heterocycles. The van der Waals surface area contributed by atoms with E-state index in [0.717, 1.165) is 24.3 Å². The van der Waals surface area contributed by atoms with Gasteiger partial charge in [-0.15, -0.1) is 0 Å². The average Bonchev–Trinajstić information content (AvgIpc) is 3.25. The first-order valence-electron chi connectivity index (χ1n) is 11.3. The highest BCUT2D eigenvalue weighted by atomic mass is 16.2. The minimum atomic E-state index is 0.263. The molecule has 3 nitrogen and oxygen atoms in total. The van der Waals surface area contributed by atoms with E-state index in [1.165, 1.54) is 75.6 Å². The molecule has 3 heteroatoms. The highest BCUT2D eigenvalue weighted by Gasteiger charge is 2.53. The molecule has 6 rings (SSSR count). The SMILES string of the molecule is O=C1C[C@H]2[C@@H](N1)c1ccccc1CC21CCN(C2C[C@H]3CC[C@@H](C2)C3)CC1. The molecule has 2 bridgehead atoms. The summed E-state index contributed by atoms with van der Waals surface area (Å²) in [5, 5.41) is 3.33. The summed E-state index contributed by atoms with van der Waals surface area (Å²) in [4.78, 5) is 15.2. The van der Waals surface area contributed by atoms with E-state index >= 15 is 0 Å². The molecule has 27 heavy (non-hydrogen) atoms. The Morgan fingerprint density at radius 1 is 1.00 bits per heavy atom. The number of piperidine rings is 1. The average molecular weight is 365 g/mol. The molecule has 1 aromatic rings. The Morgan fingerprint density at radius 3 is 2.52 bits per heavy atom. The van der Waals surface area contributed by atoms with Gasteiger partial charge in [0.15, 0.2) is 0 Å². The second-order valence-corrected chi connectivity index (χ2v) is 10.3. The number of hydrogen-bond acceptors (Lipinski definition) is 2. The van der Waals surface area contributed by atoms with Crippen LogP contribution in [0, 0.1) is 23.2 Å². The Morgan fingerprint density at radius 2 is 1.74 bits per heavy atom. The quantitative estimate of drug-likeness (QED) is 0.814. The Hall–Kier alpha value is -1.35. The van der Waals surface area contributed by atoms with Crippen LogP contribution in [0.2, 0.25) is 0 Å². The van der Waals surface area contributed by atoms with Crippen molar-refractivity contribution < 1.29 is 4.79 Å². The molecule has 1 amide bonds. The van der Waals surface area contributed by atoms with Crippen molar-refractivity contribution in [3.8, 4) is 0 Å². The van der Waals surface area contributed by atoms with E-state index in [1.807, 2.05) is 0 Å². The molecule has 5 atom stereocenters. The zero-order chi connectivity index (χ0) is 18.0. The van der Waals surface area contributed by atoms with Gasteiger partial charge in [0.1, 0.15) is 0 Å². The monoisotopic (exact) mass is 364 g/mol. The van der Waals surface area contributed by atoms with Crippen LogP contribution in [0.15, 0.2) is 24.3 Å². The number of carbonyl (C=O) groups is 1. The van der Waals surface area contributed by atoms with Crippen LogP contribution in [0.3, 0.4) is 0 Å². The van der Waals surface area contributed by atoms with Gasteiger partial charge >= 0.3 is 0 Å². The van der Waals surface area contributed by atoms with Gasteiger partial charge in [0.05, 0.1) is 6.04 Å². The molecule has 2 aliphatic heterocycles. The molecule has 5 aliphatic rings. The molecular weight excluding hydrogens is 332 g/mol. The number of likely N-dealkylation sites (tertiary alicyclic amines) is 1. The number of amides is 1. The fourth-order valence-electron chi connectivity index (χ4n) is 7.68. The summed E-state index contributed by atoms with van der Waals surface area (Å²) in [5.74, 6) is 2.82. The molecule has 1 spiro atoms. The predicted octanol–water partition coefficient (Wildman–Crippen LogP) is 4.08. The van der Waals surface area contributed by atoms with Crippen LogP contribution in [-0.2, 0) is 11.2 Å². The van der Waals surface area contributed by atoms with Crippen molar-refractivity contribution in [3.05, 3.63) is 35.4 Å². The first kappa shape index (κ1) is 16.6. The fraction of sp³-hybridized carbons (Fsp3) is 0.708. The van der Waals surface area contributed by atoms with Crippen LogP contribution in [0.5, 0.6) is 0 Å². The van der Waals surface area contributed by atoms with E-state index in [4.69, 9.17) is 0 Å². The van der Waals surface area contributed by atoms with Gasteiger partial charge in [-0.3, -0.25) is 4.79 Å². The summed E-state index contributed by atoms with van der Waals surface area (Å²) >= 11 is 0. The Bertz CT molecular complexity index is 739. The van der Waals surface area contributed by atoms with Gasteiger partial charge < -0.3 is 10.2 Å². The summed E-state index contributed by atoms with van der Waals surface area (Å²) in [6, 6.07) is 9.99. The van der Waals surface area contributed by atoms with Crippen LogP contribution in [0.1, 0.15) is 68.5 Å². The molecule has 1 unspecified atom stereocenters. The van der Waals surface area contributed by atoms with Crippen LogP contribution >= 0.6 is 0 Å². The number of rotatable bonds is 1. The van der Waals surface area contributed by atoms with Gasteiger partial charge in [0.25, 0.3) is 0 Å². The first-order valence-corrected chi connectivity index (χ1v) is 11.3. The fourth-order valence-corrected chi connectivity index (χ4v) is 7.68. The topological polar surface area (TPSA) is 32.3 Å². The lowest BCUT2D eigenvalue weighted by atomic mass is 9.58. The summed E-state index contributed by atoms with van der Waals surface area (Å²) in [7, 11) is 0. The Labute approximate surface area is 162 Å². The van der Waals surface area contributed by atoms with Crippen LogP contribution in [-0.4, -0.2) is 29.9 Å². The summed E-state index contributed by atoms with van der Waals surface area (Å²) in [6.07, 6.45) is 11.9. The molecule has 2 saturated carbocycles. The molecule has 2 heterocycles. The minimum Gasteiger partial charge on any atom is -0.349 e. The standard InChI is InChI=1S/C24H32N2O/c27-22-14-21-23(25-22)20-4-2-1-3-18(20)15-24(21)7-9-26(10-8-24)19-12-16-5-6-17(11-16)13-19/h1-4,16-17,19,21,23H,5-15H2,(H,25,27)/t16-,17+,19?,21-,23-/m0/s1. The van der Waals surface area contributed by atoms with E-state index in [-0.39, 0.29) is 11.9 Å². The molecule has 4 fully saturated rings. The lowest BCUT2D eigenvalue weighted by Gasteiger charge is -2.52. The van der Waals surface area contributed by atoms with Crippen LogP contribution in [0.4, 0.5) is 0 Å². The van der Waals surface area contributed by atoms with Gasteiger partial charge in [0.2, 0.25) is 5.91 Å². The van der Waals surface area contributed by atoms with Crippen molar-refractivity contribution in [2.24, 2.45) is 23.2 Å². The van der Waals surface area contributed by atoms with Gasteiger partial charge in [-0.1, -0.05) is 37.1 Å². The maximum atomic E-state index is 12.3. The first-order chi connectivity index (χ1) is 13.2. The summed E-state index contributed by atoms with van der Waals surface area (Å²) in [5.41, 5.74) is 3.22. The number of nitrogens with zero attached hydrogens (tertiary/aromatic N) is 1. The second-order valence-electron chi connectivity index (χ2n) is 10.3. The van der Waals surface area contributed by atoms with Crippen molar-refractivity contribution in [3.63, 3.8) is 0 Å². The maximum absolute atomic E-state index is 12.3. The normalized spacial score (nSPS) is 39.9. The van der Waals surface area contributed by atoms with E-state index in [2.05, 4.69) is 34.5 Å². The lowest BCUT2D eigenvalue weighted by molar-refractivity contribution is -0.119. The zero-order valence-electron chi connectivity index (χ0n) is 16.3. The van der Waals surface area contributed by atoms with Crippen LogP contribution in [0.25, 0.3) is 0 Å². The lowest BCUT2D eigenvalue weighted by Crippen LogP contribution is -2.51. The second kappa shape index (κ2) is 6.07. The van der Waals surface area contributed by atoms with Crippen LogP contribution < -0.4 is 5.32 Å². The van der Waals surface area contributed by atoms with Gasteiger partial charge in [-0.05, 0) is 85.9 Å². The Kier molecular flexibility index (Phi) is 3.73.